The summed E-state index contributed by atoms with van der Waals surface area (Å²) in [7, 11) is 1.85. The van der Waals surface area contributed by atoms with E-state index in [1.165, 1.54) is 12.1 Å². The maximum absolute atomic E-state index is 8.71. The van der Waals surface area contributed by atoms with Crippen molar-refractivity contribution >= 4 is 0 Å². The zero-order valence-corrected chi connectivity index (χ0v) is 16.6. The molecule has 3 aromatic rings. The minimum atomic E-state index is -2.45. The molecule has 1 nitrogen and oxygen atoms in total. The molecule has 0 amide bonds. The summed E-state index contributed by atoms with van der Waals surface area (Å²) in [6, 6.07) is 13.3. The SMILES string of the molecule is [2H]C([2H])([2H])c1ccccc1-c1c(C([2H])([2H])[2H])ccc(-c2cc(C([2H])([2H])C(C)(C)C)cc[n+]2C)c1C. The van der Waals surface area contributed by atoms with Gasteiger partial charge in [-0.3, -0.25) is 0 Å². The average Bonchev–Trinajstić information content (AvgIpc) is 2.72. The fourth-order valence-corrected chi connectivity index (χ4v) is 3.39. The normalized spacial score (nSPS) is 17.5. The van der Waals surface area contributed by atoms with E-state index in [2.05, 4.69) is 0 Å². The fraction of sp³-hybridized carbons (Fsp3) is 0.346. The Kier molecular flexibility index (Phi) is 3.10. The number of benzene rings is 2. The number of pyridine rings is 1. The van der Waals surface area contributed by atoms with Gasteiger partial charge in [-0.1, -0.05) is 51.1 Å². The lowest BCUT2D eigenvalue weighted by Gasteiger charge is -2.19. The van der Waals surface area contributed by atoms with E-state index in [4.69, 9.17) is 11.0 Å². The molecule has 0 aliphatic carbocycles. The third-order valence-electron chi connectivity index (χ3n) is 4.61. The summed E-state index contributed by atoms with van der Waals surface area (Å²) >= 11 is 0. The molecule has 0 unspecified atom stereocenters. The van der Waals surface area contributed by atoms with Gasteiger partial charge in [0.05, 0.1) is 0 Å². The van der Waals surface area contributed by atoms with Crippen molar-refractivity contribution in [3.05, 3.63) is 77.0 Å². The summed E-state index contributed by atoms with van der Waals surface area (Å²) in [6.45, 7) is 2.47. The first-order valence-electron chi connectivity index (χ1n) is 13.1. The van der Waals surface area contributed by atoms with Gasteiger partial charge >= 0.3 is 0 Å². The largest absolute Gasteiger partial charge is 0.212 e. The van der Waals surface area contributed by atoms with Gasteiger partial charge in [0.25, 0.3) is 0 Å². The van der Waals surface area contributed by atoms with Crippen LogP contribution in [0.3, 0.4) is 0 Å². The zero-order chi connectivity index (χ0) is 26.6. The Bertz CT molecular complexity index is 1250. The summed E-state index contributed by atoms with van der Waals surface area (Å²) in [5.41, 5.74) is 2.82. The van der Waals surface area contributed by atoms with Crippen LogP contribution in [0.5, 0.6) is 0 Å². The number of hydrogen-bond acceptors (Lipinski definition) is 0. The van der Waals surface area contributed by atoms with E-state index < -0.39 is 25.5 Å². The average molecular weight is 367 g/mol. The van der Waals surface area contributed by atoms with Gasteiger partial charge in [0.2, 0.25) is 5.69 Å². The van der Waals surface area contributed by atoms with Crippen molar-refractivity contribution in [1.29, 1.82) is 0 Å². The molecule has 1 aromatic heterocycles. The second kappa shape index (κ2) is 7.31. The molecule has 0 aliphatic heterocycles. The molecule has 3 rings (SSSR count). The van der Waals surface area contributed by atoms with Crippen LogP contribution in [0.2, 0.25) is 0 Å². The van der Waals surface area contributed by atoms with Crippen LogP contribution >= 0.6 is 0 Å². The number of aryl methyl sites for hydroxylation is 3. The highest BCUT2D eigenvalue weighted by molar-refractivity contribution is 5.80. The summed E-state index contributed by atoms with van der Waals surface area (Å²) in [5, 5.41) is 0. The minimum absolute atomic E-state index is 0.0827. The molecule has 1 heteroatoms. The number of rotatable bonds is 3. The van der Waals surface area contributed by atoms with Gasteiger partial charge < -0.3 is 0 Å². The molecule has 2 aromatic carbocycles. The van der Waals surface area contributed by atoms with E-state index >= 15 is 0 Å². The Balaban J connectivity index is 2.39. The molecule has 1 heterocycles. The molecular weight excluding hydrogens is 326 g/mol. The van der Waals surface area contributed by atoms with Crippen LogP contribution in [0.1, 0.15) is 54.0 Å². The van der Waals surface area contributed by atoms with Crippen LogP contribution in [0.15, 0.2) is 54.7 Å². The number of nitrogens with zero attached hydrogens (tertiary/aromatic N) is 1. The lowest BCUT2D eigenvalue weighted by molar-refractivity contribution is -0.660. The molecule has 0 N–H and O–H groups in total. The van der Waals surface area contributed by atoms with Gasteiger partial charge in [-0.25, -0.2) is 4.57 Å². The highest BCUT2D eigenvalue weighted by Crippen LogP contribution is 2.35. The van der Waals surface area contributed by atoms with Crippen molar-refractivity contribution in [3.63, 3.8) is 0 Å². The maximum Gasteiger partial charge on any atom is 0.212 e. The third-order valence-corrected chi connectivity index (χ3v) is 4.61. The van der Waals surface area contributed by atoms with Crippen LogP contribution in [0.25, 0.3) is 22.4 Å². The van der Waals surface area contributed by atoms with Crippen LogP contribution < -0.4 is 4.57 Å². The van der Waals surface area contributed by atoms with Crippen molar-refractivity contribution in [2.75, 3.05) is 0 Å². The van der Waals surface area contributed by atoms with E-state index in [1.54, 1.807) is 49.5 Å². The number of aromatic nitrogens is 1. The van der Waals surface area contributed by atoms with Gasteiger partial charge in [0.15, 0.2) is 6.20 Å². The van der Waals surface area contributed by atoms with E-state index in [0.29, 0.717) is 33.5 Å². The molecular formula is C26H32N+. The Morgan fingerprint density at radius 3 is 2.41 bits per heavy atom. The fourth-order valence-electron chi connectivity index (χ4n) is 3.39. The molecule has 0 saturated heterocycles. The van der Waals surface area contributed by atoms with Gasteiger partial charge in [0, 0.05) is 28.7 Å². The predicted molar refractivity (Wildman–Crippen MR) is 116 cm³/mol. The second-order valence-corrected chi connectivity index (χ2v) is 7.99. The Hall–Kier alpha value is -2.41. The summed E-state index contributed by atoms with van der Waals surface area (Å²) in [4.78, 5) is 0. The van der Waals surface area contributed by atoms with Crippen molar-refractivity contribution in [3.8, 4) is 22.4 Å². The zero-order valence-electron chi connectivity index (χ0n) is 24.6. The van der Waals surface area contributed by atoms with E-state index in [0.717, 1.165) is 0 Å². The topological polar surface area (TPSA) is 3.88 Å². The minimum Gasteiger partial charge on any atom is -0.201 e. The van der Waals surface area contributed by atoms with Gasteiger partial charge in [-0.05, 0) is 71.9 Å². The molecule has 27 heavy (non-hydrogen) atoms. The van der Waals surface area contributed by atoms with E-state index in [9.17, 15) is 0 Å². The van der Waals surface area contributed by atoms with Crippen molar-refractivity contribution in [2.45, 2.75) is 47.8 Å². The summed E-state index contributed by atoms with van der Waals surface area (Å²) in [6.07, 6.45) is 0.181. The van der Waals surface area contributed by atoms with Crippen LogP contribution in [0, 0.1) is 26.0 Å². The first-order valence-corrected chi connectivity index (χ1v) is 9.12. The van der Waals surface area contributed by atoms with Gasteiger partial charge in [-0.2, -0.15) is 0 Å². The smallest absolute Gasteiger partial charge is 0.201 e. The molecule has 0 fully saturated rings. The number of hydrogen-bond donors (Lipinski definition) is 0. The van der Waals surface area contributed by atoms with Crippen LogP contribution in [-0.2, 0) is 13.4 Å². The molecule has 0 saturated carbocycles. The Morgan fingerprint density at radius 2 is 1.70 bits per heavy atom. The highest BCUT2D eigenvalue weighted by atomic mass is 14.9. The Morgan fingerprint density at radius 1 is 0.963 bits per heavy atom. The molecule has 0 radical (unpaired) electrons. The quantitative estimate of drug-likeness (QED) is 0.475. The lowest BCUT2D eigenvalue weighted by Crippen LogP contribution is -2.31. The van der Waals surface area contributed by atoms with Gasteiger partial charge in [0.1, 0.15) is 7.05 Å². The third kappa shape index (κ3) is 4.13. The second-order valence-electron chi connectivity index (χ2n) is 7.99. The maximum atomic E-state index is 8.71. The van der Waals surface area contributed by atoms with Crippen LogP contribution in [-0.4, -0.2) is 0 Å². The van der Waals surface area contributed by atoms with Gasteiger partial charge in [-0.15, -0.1) is 0 Å². The monoisotopic (exact) mass is 366 g/mol. The molecule has 0 spiro atoms. The molecule has 140 valence electrons. The Labute approximate surface area is 175 Å². The highest BCUT2D eigenvalue weighted by Gasteiger charge is 2.20. The van der Waals surface area contributed by atoms with Crippen molar-refractivity contribution < 1.29 is 15.5 Å². The molecule has 0 atom stereocenters. The first-order chi connectivity index (χ1) is 15.9. The first kappa shape index (κ1) is 11.4. The van der Waals surface area contributed by atoms with Crippen molar-refractivity contribution in [1.82, 2.24) is 0 Å². The van der Waals surface area contributed by atoms with Crippen LogP contribution in [0.4, 0.5) is 0 Å². The summed E-state index contributed by atoms with van der Waals surface area (Å²) < 4.78 is 67.7. The standard InChI is InChI=1S/C26H32N/c1-18-10-8-9-11-22(18)25-19(2)12-13-23(20(25)3)24-16-21(14-15-27(24)7)17-26(4,5)6/h8-16H,17H2,1-7H3/q+1/i1D3,2D3,17D2. The van der Waals surface area contributed by atoms with E-state index in [-0.39, 0.29) is 11.1 Å². The predicted octanol–water partition coefficient (Wildman–Crippen LogP) is 6.36. The van der Waals surface area contributed by atoms with E-state index in [1.807, 2.05) is 32.4 Å². The lowest BCUT2D eigenvalue weighted by atomic mass is 9.86. The molecule has 0 bridgehead atoms. The molecule has 0 aliphatic rings. The van der Waals surface area contributed by atoms with Crippen molar-refractivity contribution in [2.24, 2.45) is 12.5 Å². The summed E-state index contributed by atoms with van der Waals surface area (Å²) in [5.74, 6) is 0.